The molecule has 0 bridgehead atoms. The van der Waals surface area contributed by atoms with Crippen LogP contribution in [0, 0.1) is 6.92 Å². The molecule has 0 fully saturated rings. The summed E-state index contributed by atoms with van der Waals surface area (Å²) in [5.74, 6) is 0.398. The zero-order valence-electron chi connectivity index (χ0n) is 6.50. The van der Waals surface area contributed by atoms with Crippen molar-refractivity contribution in [3.8, 4) is 5.75 Å². The topological polar surface area (TPSA) is 52.3 Å². The molecule has 1 rings (SSSR count). The average molecular weight is 186 g/mol. The first-order valence-corrected chi connectivity index (χ1v) is 3.71. The molecule has 0 aliphatic rings. The van der Waals surface area contributed by atoms with Crippen molar-refractivity contribution in [1.82, 2.24) is 0 Å². The van der Waals surface area contributed by atoms with Gasteiger partial charge in [-0.1, -0.05) is 17.7 Å². The highest BCUT2D eigenvalue weighted by Crippen LogP contribution is 2.22. The minimum atomic E-state index is -0.833. The molecule has 1 aromatic rings. The first-order valence-electron chi connectivity index (χ1n) is 3.33. The lowest BCUT2D eigenvalue weighted by molar-refractivity contribution is 0.210. The Hall–Kier alpha value is -1.22. The number of nitrogens with two attached hydrogens (primary N) is 1. The molecule has 1 amide bonds. The van der Waals surface area contributed by atoms with Crippen LogP contribution in [0.3, 0.4) is 0 Å². The third kappa shape index (κ3) is 2.13. The maximum atomic E-state index is 10.4. The highest BCUT2D eigenvalue weighted by Gasteiger charge is 2.02. The van der Waals surface area contributed by atoms with Crippen LogP contribution in [0.4, 0.5) is 4.79 Å². The van der Waals surface area contributed by atoms with Crippen LogP contribution in [-0.2, 0) is 0 Å². The number of benzene rings is 1. The summed E-state index contributed by atoms with van der Waals surface area (Å²) in [5, 5.41) is 0.511. The summed E-state index contributed by atoms with van der Waals surface area (Å²) in [6.45, 7) is 1.80. The first kappa shape index (κ1) is 8.87. The monoisotopic (exact) mass is 185 g/mol. The van der Waals surface area contributed by atoms with Gasteiger partial charge in [0.05, 0.1) is 0 Å². The third-order valence-electron chi connectivity index (χ3n) is 1.36. The maximum Gasteiger partial charge on any atom is 0.409 e. The lowest BCUT2D eigenvalue weighted by atomic mass is 10.2. The molecular weight excluding hydrogens is 178 g/mol. The molecule has 2 N–H and O–H groups in total. The average Bonchev–Trinajstić information content (AvgIpc) is 1.96. The second-order valence-corrected chi connectivity index (χ2v) is 2.77. The van der Waals surface area contributed by atoms with E-state index in [9.17, 15) is 4.79 Å². The van der Waals surface area contributed by atoms with Gasteiger partial charge in [-0.3, -0.25) is 0 Å². The highest BCUT2D eigenvalue weighted by molar-refractivity contribution is 6.30. The van der Waals surface area contributed by atoms with E-state index in [0.29, 0.717) is 10.8 Å². The summed E-state index contributed by atoms with van der Waals surface area (Å²) in [6, 6.07) is 5.01. The second kappa shape index (κ2) is 3.45. The van der Waals surface area contributed by atoms with Gasteiger partial charge in [0.1, 0.15) is 5.75 Å². The van der Waals surface area contributed by atoms with Gasteiger partial charge in [-0.05, 0) is 24.6 Å². The van der Waals surface area contributed by atoms with Crippen molar-refractivity contribution in [2.24, 2.45) is 5.73 Å². The van der Waals surface area contributed by atoms with Crippen molar-refractivity contribution in [3.63, 3.8) is 0 Å². The number of hydrogen-bond donors (Lipinski definition) is 1. The van der Waals surface area contributed by atoms with Crippen LogP contribution in [0.15, 0.2) is 18.2 Å². The Morgan fingerprint density at radius 2 is 2.25 bits per heavy atom. The number of halogens is 1. The number of carbonyl (C=O) groups excluding carboxylic acids is 1. The molecule has 0 heterocycles. The number of rotatable bonds is 1. The first-order chi connectivity index (χ1) is 5.59. The van der Waals surface area contributed by atoms with Crippen LogP contribution in [0.5, 0.6) is 5.75 Å². The van der Waals surface area contributed by atoms with Gasteiger partial charge < -0.3 is 10.5 Å². The normalized spacial score (nSPS) is 9.50. The summed E-state index contributed by atoms with van der Waals surface area (Å²) >= 11 is 5.67. The molecule has 4 heteroatoms. The molecule has 0 saturated heterocycles. The highest BCUT2D eigenvalue weighted by atomic mass is 35.5. The molecule has 12 heavy (non-hydrogen) atoms. The molecule has 0 saturated carbocycles. The quantitative estimate of drug-likeness (QED) is 0.729. The van der Waals surface area contributed by atoms with Crippen LogP contribution < -0.4 is 10.5 Å². The lowest BCUT2D eigenvalue weighted by Gasteiger charge is -2.03. The largest absolute Gasteiger partial charge is 0.410 e. The SMILES string of the molecule is Cc1ccc(Cl)cc1OC(N)=O. The minimum absolute atomic E-state index is 0.398. The molecule has 0 spiro atoms. The van der Waals surface area contributed by atoms with Gasteiger partial charge in [0, 0.05) is 5.02 Å². The van der Waals surface area contributed by atoms with Crippen LogP contribution in [0.2, 0.25) is 5.02 Å². The van der Waals surface area contributed by atoms with Crippen LogP contribution in [-0.4, -0.2) is 6.09 Å². The van der Waals surface area contributed by atoms with Crippen LogP contribution in [0.1, 0.15) is 5.56 Å². The smallest absolute Gasteiger partial charge is 0.409 e. The van der Waals surface area contributed by atoms with E-state index in [0.717, 1.165) is 5.56 Å². The Kier molecular flexibility index (Phi) is 2.55. The molecule has 0 unspecified atom stereocenters. The number of carbonyl (C=O) groups is 1. The number of aryl methyl sites for hydroxylation is 1. The fourth-order valence-electron chi connectivity index (χ4n) is 0.792. The van der Waals surface area contributed by atoms with E-state index in [1.165, 1.54) is 0 Å². The zero-order valence-corrected chi connectivity index (χ0v) is 7.26. The summed E-state index contributed by atoms with van der Waals surface area (Å²) < 4.78 is 4.68. The second-order valence-electron chi connectivity index (χ2n) is 2.33. The van der Waals surface area contributed by atoms with Crippen LogP contribution in [0.25, 0.3) is 0 Å². The van der Waals surface area contributed by atoms with E-state index in [-0.39, 0.29) is 0 Å². The Bertz CT molecular complexity index is 312. The fraction of sp³-hybridized carbons (Fsp3) is 0.125. The van der Waals surface area contributed by atoms with E-state index < -0.39 is 6.09 Å². The molecule has 0 atom stereocenters. The van der Waals surface area contributed by atoms with Crippen LogP contribution >= 0.6 is 11.6 Å². The van der Waals surface area contributed by atoms with E-state index in [1.54, 1.807) is 25.1 Å². The van der Waals surface area contributed by atoms with Crippen molar-refractivity contribution in [2.45, 2.75) is 6.92 Å². The fourth-order valence-corrected chi connectivity index (χ4v) is 0.954. The summed E-state index contributed by atoms with van der Waals surface area (Å²) in [5.41, 5.74) is 5.66. The molecule has 0 aliphatic heterocycles. The number of amides is 1. The Morgan fingerprint density at radius 1 is 1.58 bits per heavy atom. The van der Waals surface area contributed by atoms with Gasteiger partial charge >= 0.3 is 6.09 Å². The molecule has 0 aliphatic carbocycles. The van der Waals surface area contributed by atoms with Gasteiger partial charge in [0.25, 0.3) is 0 Å². The number of hydrogen-bond acceptors (Lipinski definition) is 2. The van der Waals surface area contributed by atoms with Crippen molar-refractivity contribution < 1.29 is 9.53 Å². The lowest BCUT2D eigenvalue weighted by Crippen LogP contribution is -2.16. The van der Waals surface area contributed by atoms with Crippen molar-refractivity contribution in [3.05, 3.63) is 28.8 Å². The molecule has 0 aromatic heterocycles. The summed E-state index contributed by atoms with van der Waals surface area (Å²) in [7, 11) is 0. The van der Waals surface area contributed by atoms with Gasteiger partial charge in [-0.25, -0.2) is 4.79 Å². The Balaban J connectivity index is 2.97. The van der Waals surface area contributed by atoms with E-state index >= 15 is 0 Å². The predicted molar refractivity (Wildman–Crippen MR) is 46.4 cm³/mol. The number of ether oxygens (including phenoxy) is 1. The molecular formula is C8H8ClNO2. The van der Waals surface area contributed by atoms with Crippen molar-refractivity contribution >= 4 is 17.7 Å². The Morgan fingerprint density at radius 3 is 2.83 bits per heavy atom. The van der Waals surface area contributed by atoms with E-state index in [2.05, 4.69) is 4.74 Å². The maximum absolute atomic E-state index is 10.4. The van der Waals surface area contributed by atoms with Gasteiger partial charge in [0.15, 0.2) is 0 Å². The standard InChI is InChI=1S/C8H8ClNO2/c1-5-2-3-6(9)4-7(5)12-8(10)11/h2-4H,1H3,(H2,10,11). The molecule has 64 valence electrons. The van der Waals surface area contributed by atoms with E-state index in [4.69, 9.17) is 17.3 Å². The molecule has 1 aromatic carbocycles. The van der Waals surface area contributed by atoms with Gasteiger partial charge in [-0.15, -0.1) is 0 Å². The zero-order chi connectivity index (χ0) is 9.14. The minimum Gasteiger partial charge on any atom is -0.410 e. The van der Waals surface area contributed by atoms with Gasteiger partial charge in [-0.2, -0.15) is 0 Å². The Labute approximate surface area is 75.1 Å². The third-order valence-corrected chi connectivity index (χ3v) is 1.60. The van der Waals surface area contributed by atoms with Crippen molar-refractivity contribution in [2.75, 3.05) is 0 Å². The summed E-state index contributed by atoms with van der Waals surface area (Å²) in [6.07, 6.45) is -0.833. The molecule has 0 radical (unpaired) electrons. The number of primary amides is 1. The predicted octanol–water partition coefficient (Wildman–Crippen LogP) is 2.11. The van der Waals surface area contributed by atoms with Crippen molar-refractivity contribution in [1.29, 1.82) is 0 Å². The molecule has 3 nitrogen and oxygen atoms in total. The van der Waals surface area contributed by atoms with Gasteiger partial charge in [0.2, 0.25) is 0 Å². The summed E-state index contributed by atoms with van der Waals surface area (Å²) in [4.78, 5) is 10.4. The van der Waals surface area contributed by atoms with E-state index in [1.807, 2.05) is 0 Å².